The quantitative estimate of drug-likeness (QED) is 0.514. The van der Waals surface area contributed by atoms with Gasteiger partial charge in [-0.25, -0.2) is 19.9 Å². The van der Waals surface area contributed by atoms with E-state index in [9.17, 15) is 0 Å². The molecule has 25 heavy (non-hydrogen) atoms. The molecule has 0 amide bonds. The number of pyridine rings is 1. The van der Waals surface area contributed by atoms with Crippen LogP contribution in [0.15, 0.2) is 48.9 Å². The Morgan fingerprint density at radius 1 is 0.960 bits per heavy atom. The molecule has 0 radical (unpaired) electrons. The van der Waals surface area contributed by atoms with Gasteiger partial charge in [0.25, 0.3) is 0 Å². The van der Waals surface area contributed by atoms with Crippen molar-refractivity contribution in [1.82, 2.24) is 19.9 Å². The normalized spacial score (nSPS) is 10.8. The molecule has 124 valence electrons. The molecule has 3 aromatic heterocycles. The number of hydrogen-bond acceptors (Lipinski definition) is 8. The van der Waals surface area contributed by atoms with E-state index in [-0.39, 0.29) is 0 Å². The predicted molar refractivity (Wildman–Crippen MR) is 102 cm³/mol. The summed E-state index contributed by atoms with van der Waals surface area (Å²) in [4.78, 5) is 17.2. The fraction of sp³-hybridized carbons (Fsp3) is 0.0588. The van der Waals surface area contributed by atoms with E-state index < -0.39 is 0 Å². The molecule has 4 aromatic rings. The van der Waals surface area contributed by atoms with Crippen LogP contribution in [0.4, 0.5) is 28.3 Å². The number of fused-ring (bicyclic) bond motifs is 1. The molecular formula is C17H15N7S. The molecule has 4 rings (SSSR count). The highest BCUT2D eigenvalue weighted by molar-refractivity contribution is 7.22. The number of para-hydroxylation sites is 1. The third-order valence-corrected chi connectivity index (χ3v) is 4.51. The van der Waals surface area contributed by atoms with Crippen LogP contribution in [0.2, 0.25) is 0 Å². The molecule has 0 aliphatic carbocycles. The van der Waals surface area contributed by atoms with E-state index in [0.717, 1.165) is 20.9 Å². The molecule has 4 N–H and O–H groups in total. The molecule has 0 aliphatic rings. The minimum absolute atomic E-state index is 0.407. The van der Waals surface area contributed by atoms with Crippen molar-refractivity contribution < 1.29 is 0 Å². The number of aromatic nitrogens is 4. The van der Waals surface area contributed by atoms with E-state index in [4.69, 9.17) is 5.73 Å². The van der Waals surface area contributed by atoms with Crippen LogP contribution in [-0.2, 0) is 0 Å². The summed E-state index contributed by atoms with van der Waals surface area (Å²) < 4.78 is 1.10. The number of hydrogen-bond donors (Lipinski definition) is 3. The van der Waals surface area contributed by atoms with E-state index in [2.05, 4.69) is 30.6 Å². The van der Waals surface area contributed by atoms with Crippen molar-refractivity contribution in [3.05, 3.63) is 54.5 Å². The highest BCUT2D eigenvalue weighted by Gasteiger charge is 2.11. The van der Waals surface area contributed by atoms with Crippen LogP contribution in [0.25, 0.3) is 10.2 Å². The molecule has 7 nitrogen and oxygen atoms in total. The lowest BCUT2D eigenvalue weighted by Gasteiger charge is -2.10. The zero-order valence-corrected chi connectivity index (χ0v) is 14.2. The van der Waals surface area contributed by atoms with Crippen molar-refractivity contribution >= 4 is 49.8 Å². The second kappa shape index (κ2) is 6.33. The Balaban J connectivity index is 1.61. The molecule has 0 atom stereocenters. The molecule has 8 heteroatoms. The second-order valence-electron chi connectivity index (χ2n) is 5.44. The lowest BCUT2D eigenvalue weighted by Crippen LogP contribution is -2.05. The van der Waals surface area contributed by atoms with Crippen LogP contribution < -0.4 is 16.4 Å². The third-order valence-electron chi connectivity index (χ3n) is 3.56. The van der Waals surface area contributed by atoms with Gasteiger partial charge in [-0.15, -0.1) is 0 Å². The van der Waals surface area contributed by atoms with Gasteiger partial charge < -0.3 is 16.4 Å². The van der Waals surface area contributed by atoms with Gasteiger partial charge in [0.2, 0.25) is 0 Å². The van der Waals surface area contributed by atoms with Crippen LogP contribution in [0, 0.1) is 6.92 Å². The maximum absolute atomic E-state index is 6.20. The summed E-state index contributed by atoms with van der Waals surface area (Å²) in [6, 6.07) is 11.8. The molecule has 0 bridgehead atoms. The molecule has 0 saturated carbocycles. The predicted octanol–water partition coefficient (Wildman–Crippen LogP) is 3.86. The SMILES string of the molecule is Cc1ccc(Nc2ncnc(Nc3nc4ccccc4s3)c2N)nc1. The van der Waals surface area contributed by atoms with Crippen molar-refractivity contribution in [3.63, 3.8) is 0 Å². The van der Waals surface area contributed by atoms with Gasteiger partial charge in [-0.1, -0.05) is 29.5 Å². The number of nitrogen functional groups attached to an aromatic ring is 1. The number of nitrogens with one attached hydrogen (secondary N) is 2. The molecule has 0 aliphatic heterocycles. The van der Waals surface area contributed by atoms with Crippen LogP contribution in [0.3, 0.4) is 0 Å². The van der Waals surface area contributed by atoms with Crippen LogP contribution in [0.1, 0.15) is 5.56 Å². The Kier molecular flexibility index (Phi) is 3.87. The van der Waals surface area contributed by atoms with E-state index in [1.165, 1.54) is 6.33 Å². The lowest BCUT2D eigenvalue weighted by atomic mass is 10.3. The molecule has 0 spiro atoms. The molecule has 3 heterocycles. The summed E-state index contributed by atoms with van der Waals surface area (Å²) in [6.45, 7) is 1.98. The highest BCUT2D eigenvalue weighted by atomic mass is 32.1. The number of nitrogens with zero attached hydrogens (tertiary/aromatic N) is 4. The number of anilines is 5. The minimum atomic E-state index is 0.407. The second-order valence-corrected chi connectivity index (χ2v) is 6.47. The molecule has 0 unspecified atom stereocenters. The zero-order valence-electron chi connectivity index (χ0n) is 13.4. The molecular weight excluding hydrogens is 334 g/mol. The molecule has 0 fully saturated rings. The van der Waals surface area contributed by atoms with Crippen LogP contribution in [-0.4, -0.2) is 19.9 Å². The number of rotatable bonds is 4. The van der Waals surface area contributed by atoms with E-state index in [1.807, 2.05) is 43.3 Å². The number of benzene rings is 1. The Labute approximate surface area is 148 Å². The van der Waals surface area contributed by atoms with Gasteiger partial charge in [0, 0.05) is 6.20 Å². The summed E-state index contributed by atoms with van der Waals surface area (Å²) >= 11 is 1.54. The van der Waals surface area contributed by atoms with Crippen LogP contribution in [0.5, 0.6) is 0 Å². The number of nitrogens with two attached hydrogens (primary N) is 1. The first-order chi connectivity index (χ1) is 12.2. The molecule has 1 aromatic carbocycles. The number of thiazole rings is 1. The monoisotopic (exact) mass is 349 g/mol. The van der Waals surface area contributed by atoms with Gasteiger partial charge in [-0.2, -0.15) is 0 Å². The average Bonchev–Trinajstić information content (AvgIpc) is 3.03. The summed E-state index contributed by atoms with van der Waals surface area (Å²) in [5, 5.41) is 7.00. The minimum Gasteiger partial charge on any atom is -0.393 e. The van der Waals surface area contributed by atoms with Gasteiger partial charge >= 0.3 is 0 Å². The lowest BCUT2D eigenvalue weighted by molar-refractivity contribution is 1.16. The third kappa shape index (κ3) is 3.20. The fourth-order valence-corrected chi connectivity index (χ4v) is 3.15. The molecule has 0 saturated heterocycles. The van der Waals surface area contributed by atoms with E-state index in [0.29, 0.717) is 23.1 Å². The zero-order chi connectivity index (χ0) is 17.2. The Hall–Kier alpha value is -3.26. The van der Waals surface area contributed by atoms with Gasteiger partial charge in [-0.05, 0) is 30.7 Å². The van der Waals surface area contributed by atoms with Crippen molar-refractivity contribution in [2.75, 3.05) is 16.4 Å². The fourth-order valence-electron chi connectivity index (χ4n) is 2.28. The smallest absolute Gasteiger partial charge is 0.189 e. The van der Waals surface area contributed by atoms with Crippen molar-refractivity contribution in [3.8, 4) is 0 Å². The summed E-state index contributed by atoms with van der Waals surface area (Å²) in [6.07, 6.45) is 3.22. The maximum Gasteiger partial charge on any atom is 0.189 e. The largest absolute Gasteiger partial charge is 0.393 e. The summed E-state index contributed by atoms with van der Waals surface area (Å²) in [5.74, 6) is 1.67. The average molecular weight is 349 g/mol. The van der Waals surface area contributed by atoms with Crippen molar-refractivity contribution in [2.45, 2.75) is 6.92 Å². The standard InChI is InChI=1S/C17H15N7S/c1-10-6-7-13(19-8-10)23-15-14(18)16(21-9-20-15)24-17-22-11-4-2-3-5-12(11)25-17/h2-9H,18H2,1H3,(H2,19,20,21,22,23,24). The topological polar surface area (TPSA) is 102 Å². The first-order valence-electron chi connectivity index (χ1n) is 7.62. The van der Waals surface area contributed by atoms with Gasteiger partial charge in [0.05, 0.1) is 10.2 Å². The number of aryl methyl sites for hydroxylation is 1. The Bertz CT molecular complexity index is 994. The van der Waals surface area contributed by atoms with E-state index >= 15 is 0 Å². The Morgan fingerprint density at radius 3 is 2.52 bits per heavy atom. The summed E-state index contributed by atoms with van der Waals surface area (Å²) in [5.41, 5.74) is 8.63. The van der Waals surface area contributed by atoms with Crippen molar-refractivity contribution in [1.29, 1.82) is 0 Å². The Morgan fingerprint density at radius 2 is 1.76 bits per heavy atom. The highest BCUT2D eigenvalue weighted by Crippen LogP contribution is 2.31. The maximum atomic E-state index is 6.20. The van der Waals surface area contributed by atoms with Crippen molar-refractivity contribution in [2.24, 2.45) is 0 Å². The first kappa shape index (κ1) is 15.3. The van der Waals surface area contributed by atoms with Crippen LogP contribution >= 0.6 is 11.3 Å². The van der Waals surface area contributed by atoms with Gasteiger partial charge in [-0.3, -0.25) is 0 Å². The van der Waals surface area contributed by atoms with Gasteiger partial charge in [0.1, 0.15) is 17.8 Å². The van der Waals surface area contributed by atoms with E-state index in [1.54, 1.807) is 17.5 Å². The first-order valence-corrected chi connectivity index (χ1v) is 8.43. The van der Waals surface area contributed by atoms with Gasteiger partial charge in [0.15, 0.2) is 16.8 Å². The summed E-state index contributed by atoms with van der Waals surface area (Å²) in [7, 11) is 0.